The molecule has 2 aromatic carbocycles. The third kappa shape index (κ3) is 6.42. The molecule has 5 rings (SSSR count). The number of benzene rings is 2. The van der Waals surface area contributed by atoms with Gasteiger partial charge in [-0.15, -0.1) is 0 Å². The van der Waals surface area contributed by atoms with Crippen molar-refractivity contribution in [2.75, 3.05) is 53.1 Å². The highest BCUT2D eigenvalue weighted by Gasteiger charge is 2.30. The van der Waals surface area contributed by atoms with Gasteiger partial charge in [0, 0.05) is 37.2 Å². The molecule has 1 aliphatic rings. The van der Waals surface area contributed by atoms with Crippen molar-refractivity contribution in [3.8, 4) is 28.4 Å². The summed E-state index contributed by atoms with van der Waals surface area (Å²) >= 11 is 19.4. The number of hydrogen-bond acceptors (Lipinski definition) is 7. The van der Waals surface area contributed by atoms with Gasteiger partial charge in [-0.3, -0.25) is 4.90 Å². The number of methoxy groups -OCH3 is 1. The number of piperidine rings is 1. The first kappa shape index (κ1) is 29.5. The Labute approximate surface area is 255 Å². The lowest BCUT2D eigenvalue weighted by Crippen LogP contribution is -2.35. The fourth-order valence-corrected chi connectivity index (χ4v) is 5.97. The van der Waals surface area contributed by atoms with Gasteiger partial charge in [0.05, 0.1) is 27.9 Å². The standard InChI is InChI=1S/C30H33Cl3N6O2/c1-37(2)12-4-5-13-38-14-6-7-20(17-38)28-27(33)26(29-30(34)35-18-36-39(28)29)19-8-11-24(25(15-19)40-3)41-21-9-10-22(31)23(32)16-21/h4-5,8-11,15-16,18,20H,6-7,12-14,17H2,1-3H3,(H2,34,35,36). The SMILES string of the molecule is COc1cc(-c2c(Cl)c(C3CCCN(CC=CCN(C)C)C3)n3ncnc(N)c23)ccc1Oc1ccc(Cl)c(Cl)c1. The zero-order chi connectivity index (χ0) is 29.1. The first-order chi connectivity index (χ1) is 19.8. The molecule has 0 bridgehead atoms. The predicted molar refractivity (Wildman–Crippen MR) is 167 cm³/mol. The van der Waals surface area contributed by atoms with Crippen molar-refractivity contribution < 1.29 is 9.47 Å². The molecule has 8 nitrogen and oxygen atoms in total. The van der Waals surface area contributed by atoms with E-state index in [-0.39, 0.29) is 5.92 Å². The number of ether oxygens (including phenoxy) is 2. The minimum Gasteiger partial charge on any atom is -0.493 e. The number of fused-ring (bicyclic) bond motifs is 1. The minimum absolute atomic E-state index is 0.188. The van der Waals surface area contributed by atoms with Gasteiger partial charge in [0.15, 0.2) is 17.3 Å². The molecule has 0 spiro atoms. The van der Waals surface area contributed by atoms with Crippen molar-refractivity contribution in [3.05, 3.63) is 75.6 Å². The van der Waals surface area contributed by atoms with Gasteiger partial charge in [0.2, 0.25) is 0 Å². The molecule has 2 aromatic heterocycles. The smallest absolute Gasteiger partial charge is 0.169 e. The Morgan fingerprint density at radius 2 is 1.90 bits per heavy atom. The van der Waals surface area contributed by atoms with Gasteiger partial charge in [-0.2, -0.15) is 5.10 Å². The molecule has 1 fully saturated rings. The van der Waals surface area contributed by atoms with Crippen LogP contribution < -0.4 is 15.2 Å². The number of aromatic nitrogens is 3. The molecule has 1 atom stereocenters. The first-order valence-corrected chi connectivity index (χ1v) is 14.5. The maximum absolute atomic E-state index is 7.22. The molecule has 11 heteroatoms. The average Bonchev–Trinajstić information content (AvgIpc) is 3.26. The Morgan fingerprint density at radius 3 is 2.66 bits per heavy atom. The summed E-state index contributed by atoms with van der Waals surface area (Å²) in [6.07, 6.45) is 8.00. The van der Waals surface area contributed by atoms with Gasteiger partial charge in [0.25, 0.3) is 0 Å². The van der Waals surface area contributed by atoms with Gasteiger partial charge >= 0.3 is 0 Å². The molecule has 4 aromatic rings. The largest absolute Gasteiger partial charge is 0.493 e. The molecule has 216 valence electrons. The van der Waals surface area contributed by atoms with Crippen LogP contribution in [-0.4, -0.2) is 71.8 Å². The number of likely N-dealkylation sites (N-methyl/N-ethyl adjacent to an activating group) is 1. The molecule has 0 aliphatic carbocycles. The lowest BCUT2D eigenvalue weighted by atomic mass is 9.94. The average molecular weight is 616 g/mol. The zero-order valence-corrected chi connectivity index (χ0v) is 25.5. The van der Waals surface area contributed by atoms with Crippen LogP contribution >= 0.6 is 34.8 Å². The monoisotopic (exact) mass is 614 g/mol. The first-order valence-electron chi connectivity index (χ1n) is 13.4. The van der Waals surface area contributed by atoms with E-state index >= 15 is 0 Å². The van der Waals surface area contributed by atoms with Crippen LogP contribution in [0.4, 0.5) is 5.82 Å². The van der Waals surface area contributed by atoms with Gasteiger partial charge in [-0.05, 0) is 63.3 Å². The molecule has 1 aliphatic heterocycles. The third-order valence-corrected chi connectivity index (χ3v) is 8.31. The minimum atomic E-state index is 0.188. The summed E-state index contributed by atoms with van der Waals surface area (Å²) in [5.74, 6) is 2.13. The Hall–Kier alpha value is -3.01. The summed E-state index contributed by atoms with van der Waals surface area (Å²) in [7, 11) is 5.72. The Morgan fingerprint density at radius 1 is 1.07 bits per heavy atom. The predicted octanol–water partition coefficient (Wildman–Crippen LogP) is 7.04. The summed E-state index contributed by atoms with van der Waals surface area (Å²) in [6.45, 7) is 3.74. The fourth-order valence-electron chi connectivity index (χ4n) is 5.25. The van der Waals surface area contributed by atoms with Crippen molar-refractivity contribution in [3.63, 3.8) is 0 Å². The van der Waals surface area contributed by atoms with Crippen LogP contribution in [0.5, 0.6) is 17.2 Å². The van der Waals surface area contributed by atoms with E-state index in [4.69, 9.17) is 50.0 Å². The molecule has 0 amide bonds. The second-order valence-corrected chi connectivity index (χ2v) is 11.5. The second-order valence-electron chi connectivity index (χ2n) is 10.4. The zero-order valence-electron chi connectivity index (χ0n) is 23.3. The number of nitrogen functional groups attached to an aromatic ring is 1. The Balaban J connectivity index is 1.50. The topological polar surface area (TPSA) is 81.2 Å². The van der Waals surface area contributed by atoms with Crippen molar-refractivity contribution in [2.24, 2.45) is 0 Å². The maximum atomic E-state index is 7.22. The van der Waals surface area contributed by atoms with Crippen LogP contribution in [0.3, 0.4) is 0 Å². The van der Waals surface area contributed by atoms with Crippen LogP contribution in [0.15, 0.2) is 54.9 Å². The number of nitrogens with zero attached hydrogens (tertiary/aromatic N) is 5. The summed E-state index contributed by atoms with van der Waals surface area (Å²) in [5.41, 5.74) is 9.64. The van der Waals surface area contributed by atoms with Crippen molar-refractivity contribution in [1.82, 2.24) is 24.4 Å². The summed E-state index contributed by atoms with van der Waals surface area (Å²) in [5, 5.41) is 6.07. The number of anilines is 1. The van der Waals surface area contributed by atoms with E-state index in [1.165, 1.54) is 6.33 Å². The Kier molecular flexibility index (Phi) is 9.26. The maximum Gasteiger partial charge on any atom is 0.169 e. The highest BCUT2D eigenvalue weighted by Crippen LogP contribution is 2.45. The molecule has 0 saturated carbocycles. The number of hydrogen-bond donors (Lipinski definition) is 1. The fraction of sp³-hybridized carbons (Fsp3) is 0.333. The van der Waals surface area contributed by atoms with E-state index in [1.54, 1.807) is 25.3 Å². The normalized spacial score (nSPS) is 16.2. The summed E-state index contributed by atoms with van der Waals surface area (Å²) < 4.78 is 13.6. The molecular formula is C30H33Cl3N6O2. The number of halogens is 3. The van der Waals surface area contributed by atoms with E-state index in [2.05, 4.69) is 46.1 Å². The van der Waals surface area contributed by atoms with Gasteiger partial charge < -0.3 is 20.1 Å². The van der Waals surface area contributed by atoms with Crippen molar-refractivity contribution in [2.45, 2.75) is 18.8 Å². The summed E-state index contributed by atoms with van der Waals surface area (Å²) in [4.78, 5) is 8.89. The van der Waals surface area contributed by atoms with Crippen LogP contribution in [-0.2, 0) is 0 Å². The van der Waals surface area contributed by atoms with E-state index in [9.17, 15) is 0 Å². The van der Waals surface area contributed by atoms with Gasteiger partial charge in [-0.25, -0.2) is 9.50 Å². The van der Waals surface area contributed by atoms with Crippen LogP contribution in [0.25, 0.3) is 16.6 Å². The van der Waals surface area contributed by atoms with Crippen molar-refractivity contribution >= 4 is 46.1 Å². The number of likely N-dealkylation sites (tertiary alicyclic amines) is 1. The molecule has 3 heterocycles. The van der Waals surface area contributed by atoms with Crippen LogP contribution in [0.2, 0.25) is 15.1 Å². The lowest BCUT2D eigenvalue weighted by molar-refractivity contribution is 0.225. The molecule has 0 radical (unpaired) electrons. The number of nitrogens with two attached hydrogens (primary N) is 1. The Bertz CT molecular complexity index is 1570. The van der Waals surface area contributed by atoms with Crippen molar-refractivity contribution in [1.29, 1.82) is 0 Å². The third-order valence-electron chi connectivity index (χ3n) is 7.19. The van der Waals surface area contributed by atoms with Gasteiger partial charge in [-0.1, -0.05) is 53.0 Å². The molecule has 1 saturated heterocycles. The molecular weight excluding hydrogens is 583 g/mol. The quantitative estimate of drug-likeness (QED) is 0.202. The van der Waals surface area contributed by atoms with E-state index < -0.39 is 0 Å². The second kappa shape index (κ2) is 12.9. The highest BCUT2D eigenvalue weighted by molar-refractivity contribution is 6.42. The van der Waals surface area contributed by atoms with Gasteiger partial charge in [0.1, 0.15) is 17.6 Å². The van der Waals surface area contributed by atoms with E-state index in [0.29, 0.717) is 43.7 Å². The van der Waals surface area contributed by atoms with Crippen LogP contribution in [0, 0.1) is 0 Å². The van der Waals surface area contributed by atoms with E-state index in [0.717, 1.165) is 55.8 Å². The molecule has 1 unspecified atom stereocenters. The number of rotatable bonds is 9. The van der Waals surface area contributed by atoms with E-state index in [1.807, 2.05) is 22.7 Å². The summed E-state index contributed by atoms with van der Waals surface area (Å²) in [6, 6.07) is 10.7. The lowest BCUT2D eigenvalue weighted by Gasteiger charge is -2.32. The molecule has 2 N–H and O–H groups in total. The van der Waals surface area contributed by atoms with Crippen LogP contribution in [0.1, 0.15) is 24.5 Å². The highest BCUT2D eigenvalue weighted by atomic mass is 35.5. The molecule has 41 heavy (non-hydrogen) atoms.